The van der Waals surface area contributed by atoms with Gasteiger partial charge < -0.3 is 124 Å². The van der Waals surface area contributed by atoms with Crippen LogP contribution in [-0.2, 0) is 106 Å². The number of carboxylic acids is 4. The van der Waals surface area contributed by atoms with Gasteiger partial charge in [0.1, 0.15) is 71.9 Å². The molecule has 6 unspecified atom stereocenters. The number of amides is 12. The van der Waals surface area contributed by atoms with Crippen LogP contribution in [0, 0.1) is 5.92 Å². The fourth-order valence-electron chi connectivity index (χ4n) is 11.5. The average Bonchev–Trinajstić information content (AvgIpc) is 1.77. The number of nitrogens with two attached hydrogens (primary N) is 1. The number of nitrogens with one attached hydrogen (secondary N) is 13. The number of aromatic amines is 2. The highest BCUT2D eigenvalue weighted by Crippen LogP contribution is 2.38. The van der Waals surface area contributed by atoms with Gasteiger partial charge in [-0.3, -0.25) is 81.2 Å². The van der Waals surface area contributed by atoms with Crippen molar-refractivity contribution in [1.82, 2.24) is 68.5 Å². The lowest BCUT2D eigenvalue weighted by Gasteiger charge is -2.30. The number of carbonyl (C=O) groups excluding carboxylic acids is 13. The summed E-state index contributed by atoms with van der Waals surface area (Å²) >= 11 is 0. The van der Waals surface area contributed by atoms with E-state index in [4.69, 9.17) is 15.2 Å². The van der Waals surface area contributed by atoms with Crippen LogP contribution in [0.3, 0.4) is 0 Å². The number of H-pyrrole nitrogens is 2. The van der Waals surface area contributed by atoms with Crippen molar-refractivity contribution >= 4 is 136 Å². The summed E-state index contributed by atoms with van der Waals surface area (Å²) in [5, 5.41) is 84.8. The highest BCUT2D eigenvalue weighted by Gasteiger charge is 2.47. The third-order valence-electron chi connectivity index (χ3n) is 17.0. The zero-order valence-corrected chi connectivity index (χ0v) is 59.7. The van der Waals surface area contributed by atoms with E-state index in [0.717, 1.165) is 44.2 Å². The number of aliphatic carboxylic acids is 4. The Morgan fingerprint density at radius 3 is 1.78 bits per heavy atom. The number of rotatable bonds is 24. The first-order valence-electron chi connectivity index (χ1n) is 33.7. The van der Waals surface area contributed by atoms with Gasteiger partial charge in [-0.25, -0.2) is 9.36 Å². The maximum absolute atomic E-state index is 15.4. The number of aliphatic hydroxyl groups is 1. The second-order valence-corrected chi connectivity index (χ2v) is 26.6. The van der Waals surface area contributed by atoms with Crippen LogP contribution in [0.15, 0.2) is 90.9 Å². The molecule has 44 heteroatoms. The first-order valence-corrected chi connectivity index (χ1v) is 35.2. The number of phosphoric acid groups is 1. The molecule has 5 aromatic rings. The van der Waals surface area contributed by atoms with Gasteiger partial charge in [0, 0.05) is 46.2 Å². The number of primary amides is 1. The molecule has 43 nitrogen and oxygen atoms in total. The summed E-state index contributed by atoms with van der Waals surface area (Å²) in [6.45, 7) is 1.08. The van der Waals surface area contributed by atoms with Crippen LogP contribution in [-0.4, -0.2) is 237 Å². The van der Waals surface area contributed by atoms with E-state index < -0.39 is 250 Å². The topological polar surface area (TPSA) is 690 Å². The fraction of sp³-hybridized carbons (Fsp3) is 0.388. The summed E-state index contributed by atoms with van der Waals surface area (Å²) < 4.78 is 28.2. The number of benzene rings is 3. The van der Waals surface area contributed by atoms with Gasteiger partial charge in [-0.2, -0.15) is 0 Å². The number of fused-ring (bicyclic) bond motifs is 2. The van der Waals surface area contributed by atoms with E-state index in [9.17, 15) is 107 Å². The standard InChI is InChI=1S/C67H79N14O29P/c1-4-9-44-54(109-44)66(103)77-43(27-82)61(98)80-51-29(3)108-67(104)42(20-32-25-70-37-13-8-6-11-35(32)37)76-62(99)50(28(2)18-46(85)86)79-65(102)53(55(56(68)93)110-111(105,106)107)78-45(84)26-71-57(94)39(21-47(87)88)75-64(101)52(30-14-16-33(83)17-15-30)81-60(97)41(23-49(91)92)73-59(96)40(22-48(89)90)72-58(95)38(74-63(51)100)19-31-24-69-36-12-7-5-10-34(31)36/h5-8,10-17,20,24-25,28-29,38-41,43-44,50-55,69-70,82-83H,4,9,18-19,21-23,26-27H2,1-3H3,(H2,68,93)(H,71,94)(H,72,95)(H,73,96)(H,74,100)(H,75,101)(H,76,99)(H,77,103)(H,78,84)(H,79,102)(H,80,98)(H,81,97)(H,85,86)(H,87,88)(H,89,90)(H,91,92)(H2,105,106,107)/b42-20+/t28-,29-,38?,39+,40+,41?,43+,44?,50?,51?,52-,53-,54?,55+/m1/s1. The molecular formula is C67H79N14O29P. The summed E-state index contributed by atoms with van der Waals surface area (Å²) in [6, 6.07) is -4.60. The number of aromatic hydroxyl groups is 1. The Labute approximate surface area is 625 Å². The Kier molecular flexibility index (Phi) is 29.6. The Hall–Kier alpha value is -12.7. The van der Waals surface area contributed by atoms with Gasteiger partial charge in [-0.05, 0) is 60.7 Å². The van der Waals surface area contributed by atoms with Gasteiger partial charge in [-0.15, -0.1) is 0 Å². The summed E-state index contributed by atoms with van der Waals surface area (Å²) in [5.41, 5.74) is 5.15. The van der Waals surface area contributed by atoms with Crippen molar-refractivity contribution in [3.63, 3.8) is 0 Å². The van der Waals surface area contributed by atoms with E-state index in [-0.39, 0.29) is 16.7 Å². The summed E-state index contributed by atoms with van der Waals surface area (Å²) in [7, 11) is -6.02. The van der Waals surface area contributed by atoms with Crippen LogP contribution in [0.2, 0.25) is 0 Å². The Morgan fingerprint density at radius 1 is 0.658 bits per heavy atom. The smallest absolute Gasteiger partial charge is 0.470 e. The summed E-state index contributed by atoms with van der Waals surface area (Å²) in [6.07, 6.45) is -8.23. The number of hydrogen-bond acceptors (Lipinski definition) is 23. The van der Waals surface area contributed by atoms with Crippen molar-refractivity contribution < 1.29 is 140 Å². The number of cyclic esters (lactones) is 1. The van der Waals surface area contributed by atoms with Crippen molar-refractivity contribution in [2.45, 2.75) is 145 Å². The molecule has 4 heterocycles. The third kappa shape index (κ3) is 24.4. The minimum absolute atomic E-state index is 0.0349. The first-order chi connectivity index (χ1) is 52.3. The highest BCUT2D eigenvalue weighted by atomic mass is 31.2. The predicted octanol–water partition coefficient (Wildman–Crippen LogP) is -5.09. The minimum Gasteiger partial charge on any atom is -0.508 e. The molecule has 0 saturated carbocycles. The molecule has 0 aliphatic carbocycles. The van der Waals surface area contributed by atoms with Crippen LogP contribution >= 0.6 is 7.82 Å². The zero-order chi connectivity index (χ0) is 81.9. The predicted molar refractivity (Wildman–Crippen MR) is 374 cm³/mol. The van der Waals surface area contributed by atoms with E-state index in [2.05, 4.69) is 46.4 Å². The Balaban J connectivity index is 1.41. The minimum atomic E-state index is -6.02. The van der Waals surface area contributed by atoms with Gasteiger partial charge in [0.25, 0.3) is 5.91 Å². The molecule has 2 fully saturated rings. The summed E-state index contributed by atoms with van der Waals surface area (Å²) in [5.74, 6) is -30.0. The number of aliphatic hydroxyl groups excluding tert-OH is 1. The number of carbonyl (C=O) groups is 17. The molecule has 14 atom stereocenters. The van der Waals surface area contributed by atoms with E-state index in [1.54, 1.807) is 48.6 Å². The van der Waals surface area contributed by atoms with Crippen molar-refractivity contribution in [3.05, 3.63) is 108 Å². The lowest BCUT2D eigenvalue weighted by molar-refractivity contribution is -0.150. The second-order valence-electron chi connectivity index (χ2n) is 25.4. The zero-order valence-electron chi connectivity index (χ0n) is 58.8. The fourth-order valence-corrected chi connectivity index (χ4v) is 12.0. The molecule has 23 N–H and O–H groups in total. The van der Waals surface area contributed by atoms with Gasteiger partial charge in [0.15, 0.2) is 12.2 Å². The quantitative estimate of drug-likeness (QED) is 0.0119. The number of epoxide rings is 1. The molecule has 0 radical (unpaired) electrons. The molecular weight excluding hydrogens is 1500 g/mol. The molecule has 0 bridgehead atoms. The molecule has 12 amide bonds. The highest BCUT2D eigenvalue weighted by molar-refractivity contribution is 7.46. The normalized spacial score (nSPS) is 23.8. The molecule has 3 aromatic carbocycles. The number of esters is 1. The monoisotopic (exact) mass is 1570 g/mol. The molecule has 0 spiro atoms. The van der Waals surface area contributed by atoms with Gasteiger partial charge in [0.05, 0.1) is 44.9 Å². The number of ether oxygens (including phenoxy) is 2. The van der Waals surface area contributed by atoms with E-state index in [0.29, 0.717) is 34.6 Å². The third-order valence-corrected chi connectivity index (χ3v) is 17.5. The van der Waals surface area contributed by atoms with Gasteiger partial charge >= 0.3 is 37.7 Å². The maximum atomic E-state index is 15.4. The largest absolute Gasteiger partial charge is 0.508 e. The Bertz CT molecular complexity index is 4500. The van der Waals surface area contributed by atoms with Crippen LogP contribution in [0.25, 0.3) is 27.9 Å². The Morgan fingerprint density at radius 2 is 1.21 bits per heavy atom. The van der Waals surface area contributed by atoms with Gasteiger partial charge in [0.2, 0.25) is 65.0 Å². The van der Waals surface area contributed by atoms with Crippen molar-refractivity contribution in [1.29, 1.82) is 0 Å². The number of carboxylic acid groups (broad SMARTS) is 4. The molecule has 2 aliphatic rings. The summed E-state index contributed by atoms with van der Waals surface area (Å²) in [4.78, 5) is 263. The van der Waals surface area contributed by atoms with E-state index in [1.807, 2.05) is 21.3 Å². The lowest BCUT2D eigenvalue weighted by Crippen LogP contribution is -2.62. The molecule has 2 saturated heterocycles. The number of phenols is 1. The molecule has 2 aromatic heterocycles. The molecule has 596 valence electrons. The van der Waals surface area contributed by atoms with Crippen molar-refractivity contribution in [2.75, 3.05) is 13.2 Å². The number of aromatic nitrogens is 2. The van der Waals surface area contributed by atoms with Crippen LogP contribution in [0.1, 0.15) is 82.0 Å². The van der Waals surface area contributed by atoms with E-state index >= 15 is 19.2 Å². The average molecular weight is 1580 g/mol. The molecule has 7 rings (SSSR count). The maximum Gasteiger partial charge on any atom is 0.470 e. The van der Waals surface area contributed by atoms with Gasteiger partial charge in [-0.1, -0.05) is 68.8 Å². The number of hydrogen-bond donors (Lipinski definition) is 22. The molecule has 2 aliphatic heterocycles. The van der Waals surface area contributed by atoms with Crippen LogP contribution in [0.5, 0.6) is 5.75 Å². The molecule has 111 heavy (non-hydrogen) atoms. The SMILES string of the molecule is CCCC1OC1C(=O)N[C@@H](CO)C(=O)NC1C(=O)NC(Cc2c[nH]c3ccccc23)C(=O)N[C@@H](CC(=O)O)C(=O)NC(CC(=O)O)C(=O)N[C@H](c2ccc(O)cc2)C(=O)N[C@@H](CC(=O)O)C(=O)NCC(=O)N[C@H]([C@H](OP(=O)(O)O)C(N)=O)C(=O)NC([C@H](C)CC(=O)O)C(=O)N/C(=C/c2c[nH]c3ccccc23)C(=O)O[C@@H]1C. The second kappa shape index (κ2) is 38.4. The van der Waals surface area contributed by atoms with Crippen LogP contribution in [0.4, 0.5) is 0 Å². The van der Waals surface area contributed by atoms with Crippen molar-refractivity contribution in [3.8, 4) is 5.75 Å². The lowest BCUT2D eigenvalue weighted by atomic mass is 9.96. The van der Waals surface area contributed by atoms with E-state index in [1.165, 1.54) is 24.5 Å². The first kappa shape index (κ1) is 85.5. The number of phenolic OH excluding ortho intramolecular Hbond substituents is 1. The number of para-hydroxylation sites is 2. The van der Waals surface area contributed by atoms with Crippen molar-refractivity contribution in [2.24, 2.45) is 11.7 Å². The number of phosphoric ester groups is 1. The van der Waals surface area contributed by atoms with Crippen LogP contribution < -0.4 is 64.2 Å².